The summed E-state index contributed by atoms with van der Waals surface area (Å²) in [5.41, 5.74) is 6.88. The van der Waals surface area contributed by atoms with Gasteiger partial charge in [-0.05, 0) is 49.8 Å². The summed E-state index contributed by atoms with van der Waals surface area (Å²) >= 11 is 0. The van der Waals surface area contributed by atoms with Crippen LogP contribution in [0.25, 0.3) is 6.08 Å². The number of fused-ring (bicyclic) bond motifs is 1. The standard InChI is InChI=1S/C18H22N2/c1-12(2)18-19-11-16-10-15(8-9-17(16)20-18)14-6-4-13(3)5-7-14/h4,6,10-12H,5,7-9H2,1-3H3. The summed E-state index contributed by atoms with van der Waals surface area (Å²) in [6, 6.07) is 0. The molecular formula is C18H22N2. The van der Waals surface area contributed by atoms with Crippen LogP contribution in [-0.4, -0.2) is 9.97 Å². The Morgan fingerprint density at radius 1 is 1.00 bits per heavy atom. The average molecular weight is 266 g/mol. The Balaban J connectivity index is 1.91. The zero-order chi connectivity index (χ0) is 14.1. The normalized spacial score (nSPS) is 18.3. The van der Waals surface area contributed by atoms with E-state index in [0.29, 0.717) is 5.92 Å². The molecule has 104 valence electrons. The lowest BCUT2D eigenvalue weighted by Gasteiger charge is -2.20. The first-order chi connectivity index (χ1) is 9.63. The number of allylic oxidation sites excluding steroid dienone is 5. The first-order valence-electron chi connectivity index (χ1n) is 7.56. The van der Waals surface area contributed by atoms with Crippen LogP contribution < -0.4 is 0 Å². The number of aryl methyl sites for hydroxylation is 1. The number of rotatable bonds is 2. The van der Waals surface area contributed by atoms with Crippen LogP contribution in [-0.2, 0) is 6.42 Å². The van der Waals surface area contributed by atoms with E-state index >= 15 is 0 Å². The van der Waals surface area contributed by atoms with Crippen molar-refractivity contribution in [3.8, 4) is 0 Å². The summed E-state index contributed by atoms with van der Waals surface area (Å²) in [4.78, 5) is 9.21. The van der Waals surface area contributed by atoms with Gasteiger partial charge in [0.25, 0.3) is 0 Å². The minimum Gasteiger partial charge on any atom is -0.240 e. The van der Waals surface area contributed by atoms with Gasteiger partial charge < -0.3 is 0 Å². The molecule has 0 spiro atoms. The molecule has 0 fully saturated rings. The van der Waals surface area contributed by atoms with Gasteiger partial charge in [0.1, 0.15) is 5.82 Å². The quantitative estimate of drug-likeness (QED) is 0.782. The predicted octanol–water partition coefficient (Wildman–Crippen LogP) is 4.60. The maximum atomic E-state index is 4.72. The van der Waals surface area contributed by atoms with Crippen LogP contribution in [0.5, 0.6) is 0 Å². The minimum atomic E-state index is 0.403. The van der Waals surface area contributed by atoms with Crippen LogP contribution in [0, 0.1) is 0 Å². The van der Waals surface area contributed by atoms with Crippen molar-refractivity contribution in [1.82, 2.24) is 9.97 Å². The zero-order valence-electron chi connectivity index (χ0n) is 12.6. The molecule has 0 radical (unpaired) electrons. The third kappa shape index (κ3) is 2.60. The third-order valence-corrected chi connectivity index (χ3v) is 4.17. The van der Waals surface area contributed by atoms with Gasteiger partial charge >= 0.3 is 0 Å². The zero-order valence-corrected chi connectivity index (χ0v) is 12.6. The third-order valence-electron chi connectivity index (χ3n) is 4.17. The average Bonchev–Trinajstić information content (AvgIpc) is 2.47. The minimum absolute atomic E-state index is 0.403. The van der Waals surface area contributed by atoms with Gasteiger partial charge in [-0.25, -0.2) is 9.97 Å². The number of nitrogens with zero attached hydrogens (tertiary/aromatic N) is 2. The van der Waals surface area contributed by atoms with Gasteiger partial charge in [0.05, 0.1) is 5.69 Å². The molecule has 1 aromatic heterocycles. The Bertz CT molecular complexity index is 618. The summed E-state index contributed by atoms with van der Waals surface area (Å²) in [5.74, 6) is 1.37. The highest BCUT2D eigenvalue weighted by Gasteiger charge is 2.17. The van der Waals surface area contributed by atoms with Gasteiger partial charge in [0.15, 0.2) is 0 Å². The van der Waals surface area contributed by atoms with E-state index in [1.807, 2.05) is 6.20 Å². The van der Waals surface area contributed by atoms with Crippen LogP contribution in [0.2, 0.25) is 0 Å². The summed E-state index contributed by atoms with van der Waals surface area (Å²) < 4.78 is 0. The van der Waals surface area contributed by atoms with Crippen molar-refractivity contribution in [2.75, 3.05) is 0 Å². The van der Waals surface area contributed by atoms with Gasteiger partial charge in [0, 0.05) is 17.7 Å². The fourth-order valence-corrected chi connectivity index (χ4v) is 2.82. The fourth-order valence-electron chi connectivity index (χ4n) is 2.82. The number of hydrogen-bond acceptors (Lipinski definition) is 2. The van der Waals surface area contributed by atoms with Gasteiger partial charge in [0.2, 0.25) is 0 Å². The molecule has 0 aromatic carbocycles. The van der Waals surface area contributed by atoms with Crippen molar-refractivity contribution < 1.29 is 0 Å². The van der Waals surface area contributed by atoms with E-state index in [4.69, 9.17) is 4.98 Å². The van der Waals surface area contributed by atoms with Gasteiger partial charge in [-0.3, -0.25) is 0 Å². The summed E-state index contributed by atoms with van der Waals surface area (Å²) in [6.07, 6.45) is 13.4. The Labute approximate surface area is 121 Å². The van der Waals surface area contributed by atoms with Crippen LogP contribution >= 0.6 is 0 Å². The fraction of sp³-hybridized carbons (Fsp3) is 0.444. The molecule has 0 unspecified atom stereocenters. The van der Waals surface area contributed by atoms with E-state index in [-0.39, 0.29) is 0 Å². The highest BCUT2D eigenvalue weighted by molar-refractivity contribution is 5.62. The molecule has 3 rings (SSSR count). The van der Waals surface area contributed by atoms with Crippen molar-refractivity contribution in [3.05, 3.63) is 52.1 Å². The number of hydrogen-bond donors (Lipinski definition) is 0. The molecule has 0 N–H and O–H groups in total. The molecule has 1 heterocycles. The molecule has 0 amide bonds. The largest absolute Gasteiger partial charge is 0.240 e. The lowest BCUT2D eigenvalue weighted by atomic mass is 9.87. The van der Waals surface area contributed by atoms with Crippen molar-refractivity contribution in [2.24, 2.45) is 0 Å². The second-order valence-corrected chi connectivity index (χ2v) is 6.16. The van der Waals surface area contributed by atoms with Crippen LogP contribution in [0.3, 0.4) is 0 Å². The van der Waals surface area contributed by atoms with E-state index in [1.165, 1.54) is 40.8 Å². The lowest BCUT2D eigenvalue weighted by molar-refractivity contribution is 0.743. The summed E-state index contributed by atoms with van der Waals surface area (Å²) in [7, 11) is 0. The first-order valence-corrected chi connectivity index (χ1v) is 7.56. The summed E-state index contributed by atoms with van der Waals surface area (Å²) in [6.45, 7) is 6.50. The molecule has 0 saturated carbocycles. The molecule has 0 atom stereocenters. The molecule has 0 saturated heterocycles. The van der Waals surface area contributed by atoms with E-state index in [9.17, 15) is 0 Å². The Hall–Kier alpha value is -1.70. The predicted molar refractivity (Wildman–Crippen MR) is 83.5 cm³/mol. The molecule has 1 aromatic rings. The highest BCUT2D eigenvalue weighted by atomic mass is 14.9. The van der Waals surface area contributed by atoms with Crippen molar-refractivity contribution in [1.29, 1.82) is 0 Å². The second kappa shape index (κ2) is 5.35. The molecule has 2 nitrogen and oxygen atoms in total. The molecule has 0 bridgehead atoms. The van der Waals surface area contributed by atoms with Gasteiger partial charge in [-0.2, -0.15) is 0 Å². The van der Waals surface area contributed by atoms with E-state index < -0.39 is 0 Å². The SMILES string of the molecule is CC1=CC=C(C2=Cc3cnc(C(C)C)nc3CC2)CC1. The first kappa shape index (κ1) is 13.3. The Morgan fingerprint density at radius 2 is 1.80 bits per heavy atom. The maximum absolute atomic E-state index is 4.72. The number of aromatic nitrogens is 2. The molecule has 20 heavy (non-hydrogen) atoms. The smallest absolute Gasteiger partial charge is 0.131 e. The molecule has 2 aliphatic rings. The lowest BCUT2D eigenvalue weighted by Crippen LogP contribution is -2.09. The van der Waals surface area contributed by atoms with E-state index in [2.05, 4.69) is 44.0 Å². The molecule has 0 aliphatic heterocycles. The van der Waals surface area contributed by atoms with Crippen LogP contribution in [0.15, 0.2) is 35.1 Å². The topological polar surface area (TPSA) is 25.8 Å². The molecular weight excluding hydrogens is 244 g/mol. The molecule has 2 aliphatic carbocycles. The Morgan fingerprint density at radius 3 is 2.50 bits per heavy atom. The van der Waals surface area contributed by atoms with Crippen LogP contribution in [0.1, 0.15) is 63.0 Å². The molecule has 2 heteroatoms. The monoisotopic (exact) mass is 266 g/mol. The highest BCUT2D eigenvalue weighted by Crippen LogP contribution is 2.32. The van der Waals surface area contributed by atoms with E-state index in [0.717, 1.165) is 18.7 Å². The van der Waals surface area contributed by atoms with Crippen molar-refractivity contribution >= 4 is 6.08 Å². The van der Waals surface area contributed by atoms with E-state index in [1.54, 1.807) is 0 Å². The maximum Gasteiger partial charge on any atom is 0.131 e. The van der Waals surface area contributed by atoms with Crippen molar-refractivity contribution in [2.45, 2.75) is 52.4 Å². The van der Waals surface area contributed by atoms with Crippen molar-refractivity contribution in [3.63, 3.8) is 0 Å². The van der Waals surface area contributed by atoms with Gasteiger partial charge in [-0.15, -0.1) is 0 Å². The summed E-state index contributed by atoms with van der Waals surface area (Å²) in [5, 5.41) is 0. The second-order valence-electron chi connectivity index (χ2n) is 6.16. The van der Waals surface area contributed by atoms with Crippen LogP contribution in [0.4, 0.5) is 0 Å². The Kier molecular flexibility index (Phi) is 3.56. The van der Waals surface area contributed by atoms with Gasteiger partial charge in [-0.1, -0.05) is 31.6 Å².